The smallest absolute Gasteiger partial charge is 0.337 e. The summed E-state index contributed by atoms with van der Waals surface area (Å²) in [5.41, 5.74) is 5.68. The van der Waals surface area contributed by atoms with Crippen LogP contribution in [-0.4, -0.2) is 31.4 Å². The van der Waals surface area contributed by atoms with E-state index in [1.165, 1.54) is 0 Å². The van der Waals surface area contributed by atoms with Gasteiger partial charge in [-0.1, -0.05) is 18.2 Å². The van der Waals surface area contributed by atoms with E-state index in [2.05, 4.69) is 21.5 Å². The standard InChI is InChI=1S/C11H16N4O2S/c1-17-8-7-12-11(18)15-14-10(16)13-9-5-3-2-4-6-9/h2-6H,7-8H2,1H3,(H2,12,15,18)(H2,13,14,16). The Labute approximate surface area is 111 Å². The maximum absolute atomic E-state index is 11.5. The molecule has 0 fully saturated rings. The fourth-order valence-corrected chi connectivity index (χ4v) is 1.26. The quantitative estimate of drug-likeness (QED) is 0.370. The van der Waals surface area contributed by atoms with Gasteiger partial charge in [-0.25, -0.2) is 10.2 Å². The molecular formula is C11H16N4O2S. The number of amides is 2. The minimum absolute atomic E-state index is 0.329. The molecule has 1 aromatic carbocycles. The lowest BCUT2D eigenvalue weighted by Gasteiger charge is -2.11. The Hall–Kier alpha value is -1.86. The lowest BCUT2D eigenvalue weighted by atomic mass is 10.3. The van der Waals surface area contributed by atoms with Gasteiger partial charge in [-0.3, -0.25) is 5.43 Å². The van der Waals surface area contributed by atoms with Crippen LogP contribution in [-0.2, 0) is 4.74 Å². The van der Waals surface area contributed by atoms with Crippen LogP contribution in [0.2, 0.25) is 0 Å². The molecule has 4 N–H and O–H groups in total. The highest BCUT2D eigenvalue weighted by Gasteiger charge is 2.01. The number of urea groups is 1. The largest absolute Gasteiger partial charge is 0.383 e. The van der Waals surface area contributed by atoms with E-state index in [-0.39, 0.29) is 0 Å². The molecule has 0 spiro atoms. The monoisotopic (exact) mass is 268 g/mol. The van der Waals surface area contributed by atoms with Gasteiger partial charge in [0.15, 0.2) is 5.11 Å². The molecule has 0 radical (unpaired) electrons. The van der Waals surface area contributed by atoms with Gasteiger partial charge >= 0.3 is 6.03 Å². The predicted octanol–water partition coefficient (Wildman–Crippen LogP) is 0.834. The van der Waals surface area contributed by atoms with Crippen molar-refractivity contribution in [2.75, 3.05) is 25.6 Å². The third kappa shape index (κ3) is 6.02. The first-order valence-corrected chi connectivity index (χ1v) is 5.78. The number of para-hydroxylation sites is 1. The molecular weight excluding hydrogens is 252 g/mol. The second-order valence-electron chi connectivity index (χ2n) is 3.32. The predicted molar refractivity (Wildman–Crippen MR) is 74.2 cm³/mol. The molecule has 0 aliphatic rings. The number of benzene rings is 1. The Morgan fingerprint density at radius 3 is 2.67 bits per heavy atom. The van der Waals surface area contributed by atoms with Crippen molar-refractivity contribution in [2.24, 2.45) is 0 Å². The molecule has 0 heterocycles. The molecule has 0 aromatic heterocycles. The molecule has 0 aliphatic carbocycles. The molecule has 2 amide bonds. The van der Waals surface area contributed by atoms with Crippen LogP contribution in [0.3, 0.4) is 0 Å². The summed E-state index contributed by atoms with van der Waals surface area (Å²) >= 11 is 4.93. The van der Waals surface area contributed by atoms with Crippen molar-refractivity contribution in [1.82, 2.24) is 16.2 Å². The van der Waals surface area contributed by atoms with Crippen molar-refractivity contribution in [2.45, 2.75) is 0 Å². The average molecular weight is 268 g/mol. The molecule has 0 aliphatic heterocycles. The molecule has 0 bridgehead atoms. The van der Waals surface area contributed by atoms with E-state index in [0.29, 0.717) is 24.0 Å². The zero-order chi connectivity index (χ0) is 13.2. The Balaban J connectivity index is 2.19. The Morgan fingerprint density at radius 2 is 2.00 bits per heavy atom. The van der Waals surface area contributed by atoms with E-state index in [1.807, 2.05) is 18.2 Å². The van der Waals surface area contributed by atoms with Crippen LogP contribution in [0.4, 0.5) is 10.5 Å². The molecule has 18 heavy (non-hydrogen) atoms. The van der Waals surface area contributed by atoms with Gasteiger partial charge in [0.1, 0.15) is 0 Å². The average Bonchev–Trinajstić information content (AvgIpc) is 2.38. The topological polar surface area (TPSA) is 74.4 Å². The van der Waals surface area contributed by atoms with Crippen molar-refractivity contribution >= 4 is 29.0 Å². The van der Waals surface area contributed by atoms with Crippen molar-refractivity contribution in [3.05, 3.63) is 30.3 Å². The summed E-state index contributed by atoms with van der Waals surface area (Å²) < 4.78 is 4.85. The molecule has 0 atom stereocenters. The third-order valence-electron chi connectivity index (χ3n) is 1.91. The molecule has 98 valence electrons. The second-order valence-corrected chi connectivity index (χ2v) is 3.73. The maximum atomic E-state index is 11.5. The van der Waals surface area contributed by atoms with E-state index >= 15 is 0 Å². The summed E-state index contributed by atoms with van der Waals surface area (Å²) in [6.45, 7) is 1.11. The summed E-state index contributed by atoms with van der Waals surface area (Å²) in [6.07, 6.45) is 0. The van der Waals surface area contributed by atoms with Crippen molar-refractivity contribution in [3.8, 4) is 0 Å². The van der Waals surface area contributed by atoms with Crippen molar-refractivity contribution < 1.29 is 9.53 Å². The number of carbonyl (C=O) groups is 1. The summed E-state index contributed by atoms with van der Waals surface area (Å²) in [7, 11) is 1.60. The van der Waals surface area contributed by atoms with Crippen molar-refractivity contribution in [1.29, 1.82) is 0 Å². The van der Waals surface area contributed by atoms with Gasteiger partial charge in [-0.2, -0.15) is 0 Å². The van der Waals surface area contributed by atoms with Gasteiger partial charge in [0.25, 0.3) is 0 Å². The number of carbonyl (C=O) groups excluding carboxylic acids is 1. The first-order chi connectivity index (χ1) is 8.72. The summed E-state index contributed by atoms with van der Waals surface area (Å²) in [4.78, 5) is 11.5. The first kappa shape index (κ1) is 14.2. The van der Waals surface area contributed by atoms with Crippen LogP contribution in [0.1, 0.15) is 0 Å². The van der Waals surface area contributed by atoms with Crippen LogP contribution in [0.25, 0.3) is 0 Å². The molecule has 7 heteroatoms. The summed E-state index contributed by atoms with van der Waals surface area (Å²) in [6, 6.07) is 8.72. The molecule has 1 aromatic rings. The molecule has 0 saturated heterocycles. The number of methoxy groups -OCH3 is 1. The van der Waals surface area contributed by atoms with Crippen LogP contribution >= 0.6 is 12.2 Å². The number of hydrazine groups is 1. The number of anilines is 1. The van der Waals surface area contributed by atoms with E-state index in [4.69, 9.17) is 17.0 Å². The second kappa shape index (κ2) is 8.26. The molecule has 0 saturated carbocycles. The highest BCUT2D eigenvalue weighted by atomic mass is 32.1. The normalized spacial score (nSPS) is 9.39. The summed E-state index contributed by atoms with van der Waals surface area (Å²) in [5.74, 6) is 0. The minimum Gasteiger partial charge on any atom is -0.383 e. The van der Waals surface area contributed by atoms with Gasteiger partial charge in [-0.05, 0) is 24.4 Å². The zero-order valence-corrected chi connectivity index (χ0v) is 10.8. The van der Waals surface area contributed by atoms with Crippen molar-refractivity contribution in [3.63, 3.8) is 0 Å². The minimum atomic E-state index is -0.392. The SMILES string of the molecule is COCCNC(=S)NNC(=O)Nc1ccccc1. The number of thiocarbonyl (C=S) groups is 1. The van der Waals surface area contributed by atoms with E-state index in [0.717, 1.165) is 0 Å². The number of hydrogen-bond donors (Lipinski definition) is 4. The van der Waals surface area contributed by atoms with Gasteiger partial charge in [-0.15, -0.1) is 0 Å². The Kier molecular flexibility index (Phi) is 6.52. The van der Waals surface area contributed by atoms with Gasteiger partial charge in [0, 0.05) is 19.3 Å². The highest BCUT2D eigenvalue weighted by Crippen LogP contribution is 2.03. The number of nitrogens with one attached hydrogen (secondary N) is 4. The summed E-state index contributed by atoms with van der Waals surface area (Å²) in [5, 5.41) is 5.82. The number of rotatable bonds is 4. The van der Waals surface area contributed by atoms with E-state index < -0.39 is 6.03 Å². The fraction of sp³-hybridized carbons (Fsp3) is 0.273. The van der Waals surface area contributed by atoms with E-state index in [9.17, 15) is 4.79 Å². The highest BCUT2D eigenvalue weighted by molar-refractivity contribution is 7.80. The Bertz CT molecular complexity index is 386. The fourth-order valence-electron chi connectivity index (χ4n) is 1.11. The number of hydrogen-bond acceptors (Lipinski definition) is 3. The maximum Gasteiger partial charge on any atom is 0.337 e. The first-order valence-electron chi connectivity index (χ1n) is 5.37. The molecule has 6 nitrogen and oxygen atoms in total. The van der Waals surface area contributed by atoms with Crippen LogP contribution in [0.15, 0.2) is 30.3 Å². The molecule has 1 rings (SSSR count). The van der Waals surface area contributed by atoms with Gasteiger partial charge in [0.05, 0.1) is 6.61 Å². The Morgan fingerprint density at radius 1 is 1.28 bits per heavy atom. The van der Waals surface area contributed by atoms with E-state index in [1.54, 1.807) is 19.2 Å². The van der Waals surface area contributed by atoms with Gasteiger partial charge in [0.2, 0.25) is 0 Å². The lowest BCUT2D eigenvalue weighted by Crippen LogP contribution is -2.48. The van der Waals surface area contributed by atoms with Crippen LogP contribution in [0, 0.1) is 0 Å². The lowest BCUT2D eigenvalue weighted by molar-refractivity contribution is 0.204. The molecule has 0 unspecified atom stereocenters. The van der Waals surface area contributed by atoms with Crippen LogP contribution < -0.4 is 21.5 Å². The number of ether oxygens (including phenoxy) is 1. The third-order valence-corrected chi connectivity index (χ3v) is 2.16. The van der Waals surface area contributed by atoms with Crippen LogP contribution in [0.5, 0.6) is 0 Å². The van der Waals surface area contributed by atoms with Gasteiger partial charge < -0.3 is 15.4 Å². The zero-order valence-electron chi connectivity index (χ0n) is 10.0.